The second kappa shape index (κ2) is 6.83. The summed E-state index contributed by atoms with van der Waals surface area (Å²) in [4.78, 5) is 16.0. The molecular formula is C14H16ClN3OS. The van der Waals surface area contributed by atoms with Gasteiger partial charge in [-0.25, -0.2) is 4.98 Å². The number of aromatic nitrogens is 1. The van der Waals surface area contributed by atoms with Gasteiger partial charge in [0.05, 0.1) is 12.2 Å². The topological polar surface area (TPSA) is 54.0 Å². The standard InChI is InChI=1S/C14H16ClN3OS/c1-9-8-20-14(17-9)18-13(19)7-16-10(2)11-5-3-4-6-12(11)15/h3-6,8,10,16H,7H2,1-2H3,(H,17,18,19). The smallest absolute Gasteiger partial charge is 0.240 e. The highest BCUT2D eigenvalue weighted by Crippen LogP contribution is 2.21. The van der Waals surface area contributed by atoms with Crippen LogP contribution in [0.1, 0.15) is 24.2 Å². The van der Waals surface area contributed by atoms with Gasteiger partial charge >= 0.3 is 0 Å². The minimum absolute atomic E-state index is 0.00693. The van der Waals surface area contributed by atoms with Crippen molar-refractivity contribution in [2.75, 3.05) is 11.9 Å². The molecule has 1 aromatic carbocycles. The Hall–Kier alpha value is -1.43. The first-order valence-corrected chi connectivity index (χ1v) is 7.52. The Morgan fingerprint density at radius 3 is 2.85 bits per heavy atom. The van der Waals surface area contributed by atoms with Gasteiger partial charge in [-0.2, -0.15) is 0 Å². The van der Waals surface area contributed by atoms with Crippen LogP contribution >= 0.6 is 22.9 Å². The molecule has 0 radical (unpaired) electrons. The molecule has 1 amide bonds. The molecule has 20 heavy (non-hydrogen) atoms. The van der Waals surface area contributed by atoms with Crippen molar-refractivity contribution in [3.8, 4) is 0 Å². The summed E-state index contributed by atoms with van der Waals surface area (Å²) in [6.07, 6.45) is 0. The number of amides is 1. The van der Waals surface area contributed by atoms with Crippen molar-refractivity contribution in [2.45, 2.75) is 19.9 Å². The van der Waals surface area contributed by atoms with E-state index in [-0.39, 0.29) is 18.5 Å². The quantitative estimate of drug-likeness (QED) is 0.890. The maximum Gasteiger partial charge on any atom is 0.240 e. The number of nitrogens with zero attached hydrogens (tertiary/aromatic N) is 1. The Morgan fingerprint density at radius 2 is 2.20 bits per heavy atom. The van der Waals surface area contributed by atoms with Crippen molar-refractivity contribution >= 4 is 34.0 Å². The molecule has 1 heterocycles. The van der Waals surface area contributed by atoms with E-state index < -0.39 is 0 Å². The predicted octanol–water partition coefficient (Wildman–Crippen LogP) is 3.39. The zero-order chi connectivity index (χ0) is 14.5. The number of benzene rings is 1. The van der Waals surface area contributed by atoms with Crippen LogP contribution in [-0.4, -0.2) is 17.4 Å². The SMILES string of the molecule is Cc1csc(NC(=O)CNC(C)c2ccccc2Cl)n1. The number of hydrogen-bond donors (Lipinski definition) is 2. The molecule has 1 unspecified atom stereocenters. The van der Waals surface area contributed by atoms with Crippen molar-refractivity contribution in [2.24, 2.45) is 0 Å². The van der Waals surface area contributed by atoms with Gasteiger partial charge in [-0.05, 0) is 25.5 Å². The minimum atomic E-state index is -0.113. The highest BCUT2D eigenvalue weighted by Gasteiger charge is 2.11. The van der Waals surface area contributed by atoms with Gasteiger partial charge in [0.15, 0.2) is 5.13 Å². The Balaban J connectivity index is 1.85. The third kappa shape index (κ3) is 4.03. The molecular weight excluding hydrogens is 294 g/mol. The summed E-state index contributed by atoms with van der Waals surface area (Å²) < 4.78 is 0. The second-order valence-electron chi connectivity index (χ2n) is 4.47. The van der Waals surface area contributed by atoms with Gasteiger partial charge in [0.25, 0.3) is 0 Å². The molecule has 0 saturated carbocycles. The molecule has 0 spiro atoms. The molecule has 1 atom stereocenters. The minimum Gasteiger partial charge on any atom is -0.302 e. The van der Waals surface area contributed by atoms with Crippen LogP contribution in [0.3, 0.4) is 0 Å². The van der Waals surface area contributed by atoms with Gasteiger partial charge in [-0.3, -0.25) is 4.79 Å². The molecule has 0 aliphatic rings. The summed E-state index contributed by atoms with van der Waals surface area (Å²) in [7, 11) is 0. The van der Waals surface area contributed by atoms with E-state index >= 15 is 0 Å². The summed E-state index contributed by atoms with van der Waals surface area (Å²) in [6.45, 7) is 4.08. The van der Waals surface area contributed by atoms with E-state index in [1.54, 1.807) is 0 Å². The normalized spacial score (nSPS) is 12.2. The number of anilines is 1. The number of aryl methyl sites for hydroxylation is 1. The van der Waals surface area contributed by atoms with Crippen LogP contribution in [-0.2, 0) is 4.79 Å². The van der Waals surface area contributed by atoms with Crippen LogP contribution in [0.2, 0.25) is 5.02 Å². The van der Waals surface area contributed by atoms with Crippen molar-refractivity contribution < 1.29 is 4.79 Å². The van der Waals surface area contributed by atoms with Crippen LogP contribution in [0.4, 0.5) is 5.13 Å². The van der Waals surface area contributed by atoms with Gasteiger partial charge in [-0.1, -0.05) is 29.8 Å². The van der Waals surface area contributed by atoms with E-state index in [1.807, 2.05) is 43.5 Å². The molecule has 106 valence electrons. The molecule has 2 rings (SSSR count). The number of nitrogens with one attached hydrogen (secondary N) is 2. The highest BCUT2D eigenvalue weighted by molar-refractivity contribution is 7.13. The molecule has 4 nitrogen and oxygen atoms in total. The fourth-order valence-corrected chi connectivity index (χ4v) is 2.76. The highest BCUT2D eigenvalue weighted by atomic mass is 35.5. The number of carbonyl (C=O) groups excluding carboxylic acids is 1. The van der Waals surface area contributed by atoms with E-state index in [9.17, 15) is 4.79 Å². The zero-order valence-corrected chi connectivity index (χ0v) is 12.9. The lowest BCUT2D eigenvalue weighted by Gasteiger charge is -2.15. The summed E-state index contributed by atoms with van der Waals surface area (Å²) in [5.41, 5.74) is 1.88. The summed E-state index contributed by atoms with van der Waals surface area (Å²) in [5.74, 6) is -0.113. The van der Waals surface area contributed by atoms with E-state index in [2.05, 4.69) is 15.6 Å². The van der Waals surface area contributed by atoms with Gasteiger partial charge < -0.3 is 10.6 Å². The lowest BCUT2D eigenvalue weighted by atomic mass is 10.1. The fourth-order valence-electron chi connectivity index (χ4n) is 1.76. The molecule has 6 heteroatoms. The van der Waals surface area contributed by atoms with Crippen LogP contribution in [0.15, 0.2) is 29.6 Å². The number of halogens is 1. The number of rotatable bonds is 5. The maximum atomic E-state index is 11.8. The van der Waals surface area contributed by atoms with Crippen LogP contribution in [0, 0.1) is 6.92 Å². The second-order valence-corrected chi connectivity index (χ2v) is 5.73. The molecule has 0 fully saturated rings. The van der Waals surface area contributed by atoms with Crippen LogP contribution < -0.4 is 10.6 Å². The van der Waals surface area contributed by atoms with E-state index in [1.165, 1.54) is 11.3 Å². The number of carbonyl (C=O) groups is 1. The van der Waals surface area contributed by atoms with Crippen molar-refractivity contribution in [3.63, 3.8) is 0 Å². The largest absolute Gasteiger partial charge is 0.302 e. The van der Waals surface area contributed by atoms with Crippen LogP contribution in [0.25, 0.3) is 0 Å². The first-order chi connectivity index (χ1) is 9.56. The Morgan fingerprint density at radius 1 is 1.45 bits per heavy atom. The Labute approximate surface area is 127 Å². The Kier molecular flexibility index (Phi) is 5.11. The van der Waals surface area contributed by atoms with Gasteiger partial charge in [0.2, 0.25) is 5.91 Å². The fraction of sp³-hybridized carbons (Fsp3) is 0.286. The first kappa shape index (κ1) is 15.0. The summed E-state index contributed by atoms with van der Waals surface area (Å²) in [6, 6.07) is 7.61. The number of thiazole rings is 1. The average molecular weight is 310 g/mol. The molecule has 0 aliphatic heterocycles. The Bertz CT molecular complexity index is 600. The third-order valence-corrected chi connectivity index (χ3v) is 4.03. The molecule has 2 N–H and O–H groups in total. The third-order valence-electron chi connectivity index (χ3n) is 2.81. The van der Waals surface area contributed by atoms with Gasteiger partial charge in [0.1, 0.15) is 0 Å². The lowest BCUT2D eigenvalue weighted by molar-refractivity contribution is -0.115. The molecule has 1 aromatic heterocycles. The van der Waals surface area contributed by atoms with E-state index in [4.69, 9.17) is 11.6 Å². The predicted molar refractivity (Wildman–Crippen MR) is 83.4 cm³/mol. The lowest BCUT2D eigenvalue weighted by Crippen LogP contribution is -2.30. The number of hydrogen-bond acceptors (Lipinski definition) is 4. The molecule has 2 aromatic rings. The van der Waals surface area contributed by atoms with Gasteiger partial charge in [0, 0.05) is 16.4 Å². The molecule has 0 aliphatic carbocycles. The van der Waals surface area contributed by atoms with E-state index in [0.29, 0.717) is 10.2 Å². The van der Waals surface area contributed by atoms with Crippen molar-refractivity contribution in [1.82, 2.24) is 10.3 Å². The van der Waals surface area contributed by atoms with Crippen LogP contribution in [0.5, 0.6) is 0 Å². The summed E-state index contributed by atoms with van der Waals surface area (Å²) >= 11 is 7.54. The average Bonchev–Trinajstić information content (AvgIpc) is 2.82. The van der Waals surface area contributed by atoms with Crippen molar-refractivity contribution in [3.05, 3.63) is 45.9 Å². The molecule has 0 saturated heterocycles. The first-order valence-electron chi connectivity index (χ1n) is 6.26. The molecule has 0 bridgehead atoms. The van der Waals surface area contributed by atoms with E-state index in [0.717, 1.165) is 11.3 Å². The van der Waals surface area contributed by atoms with Crippen molar-refractivity contribution in [1.29, 1.82) is 0 Å². The maximum absolute atomic E-state index is 11.8. The summed E-state index contributed by atoms with van der Waals surface area (Å²) in [5, 5.41) is 9.12. The zero-order valence-electron chi connectivity index (χ0n) is 11.3. The van der Waals surface area contributed by atoms with Gasteiger partial charge in [-0.15, -0.1) is 11.3 Å². The monoisotopic (exact) mass is 309 g/mol.